The average Bonchev–Trinajstić information content (AvgIpc) is 2.70. The summed E-state index contributed by atoms with van der Waals surface area (Å²) < 4.78 is 26.8. The van der Waals surface area contributed by atoms with Crippen LogP contribution in [0.3, 0.4) is 0 Å². The van der Waals surface area contributed by atoms with Crippen molar-refractivity contribution in [1.82, 2.24) is 10.7 Å². The molecule has 0 unspecified atom stereocenters. The fraction of sp³-hybridized carbons (Fsp3) is 0.263. The first-order valence-corrected chi connectivity index (χ1v) is 10.4. The number of benzene rings is 2. The molecule has 0 amide bonds. The number of para-hydroxylation sites is 1. The smallest absolute Gasteiger partial charge is 0.264 e. The molecule has 27 heavy (non-hydrogen) atoms. The van der Waals surface area contributed by atoms with E-state index in [1.54, 1.807) is 55.6 Å². The molecule has 0 heterocycles. The standard InChI is InChI=1S/C19H24N4O2S2/c1-4-14-20-19(26)22-21-15(2)16-10-12-18(13-11-16)27(24,25)23(3)17-8-6-5-7-9-17/h5-13H,4,14H2,1-3H3,(H2,20,22,26)/b21-15-. The number of nitrogens with zero attached hydrogens (tertiary/aromatic N) is 2. The van der Waals surface area contributed by atoms with Crippen LogP contribution < -0.4 is 15.0 Å². The molecule has 0 aliphatic heterocycles. The molecule has 8 heteroatoms. The van der Waals surface area contributed by atoms with Gasteiger partial charge in [0.2, 0.25) is 0 Å². The van der Waals surface area contributed by atoms with Crippen molar-refractivity contribution in [2.45, 2.75) is 25.2 Å². The van der Waals surface area contributed by atoms with E-state index in [4.69, 9.17) is 12.2 Å². The van der Waals surface area contributed by atoms with E-state index in [9.17, 15) is 8.42 Å². The predicted molar refractivity (Wildman–Crippen MR) is 115 cm³/mol. The fourth-order valence-corrected chi connectivity index (χ4v) is 3.62. The summed E-state index contributed by atoms with van der Waals surface area (Å²) in [7, 11) is -2.08. The number of hydrogen-bond donors (Lipinski definition) is 2. The molecule has 0 bridgehead atoms. The van der Waals surface area contributed by atoms with Crippen molar-refractivity contribution in [3.63, 3.8) is 0 Å². The third-order valence-corrected chi connectivity index (χ3v) is 5.95. The van der Waals surface area contributed by atoms with Crippen molar-refractivity contribution in [2.24, 2.45) is 5.10 Å². The second-order valence-electron chi connectivity index (χ2n) is 5.90. The van der Waals surface area contributed by atoms with Crippen LogP contribution in [0.1, 0.15) is 25.8 Å². The predicted octanol–water partition coefficient (Wildman–Crippen LogP) is 3.11. The summed E-state index contributed by atoms with van der Waals surface area (Å²) in [6, 6.07) is 15.6. The van der Waals surface area contributed by atoms with Gasteiger partial charge in [-0.25, -0.2) is 8.42 Å². The summed E-state index contributed by atoms with van der Waals surface area (Å²) in [4.78, 5) is 0.221. The van der Waals surface area contributed by atoms with Crippen molar-refractivity contribution in [3.8, 4) is 0 Å². The van der Waals surface area contributed by atoms with Crippen LogP contribution in [-0.4, -0.2) is 32.8 Å². The number of rotatable bonds is 7. The Balaban J connectivity index is 2.13. The molecule has 144 valence electrons. The normalized spacial score (nSPS) is 11.7. The maximum absolute atomic E-state index is 12.8. The van der Waals surface area contributed by atoms with Crippen molar-refractivity contribution in [3.05, 3.63) is 60.2 Å². The summed E-state index contributed by atoms with van der Waals surface area (Å²) in [5.41, 5.74) is 4.90. The Morgan fingerprint density at radius 2 is 1.74 bits per heavy atom. The zero-order valence-corrected chi connectivity index (χ0v) is 17.3. The Morgan fingerprint density at radius 1 is 1.11 bits per heavy atom. The van der Waals surface area contributed by atoms with Crippen LogP contribution >= 0.6 is 12.2 Å². The zero-order valence-electron chi connectivity index (χ0n) is 15.6. The van der Waals surface area contributed by atoms with Gasteiger partial charge in [-0.05, 0) is 55.4 Å². The van der Waals surface area contributed by atoms with Gasteiger partial charge in [-0.15, -0.1) is 0 Å². The van der Waals surface area contributed by atoms with Gasteiger partial charge in [0, 0.05) is 13.6 Å². The second-order valence-corrected chi connectivity index (χ2v) is 8.27. The summed E-state index contributed by atoms with van der Waals surface area (Å²) in [5, 5.41) is 7.71. The molecule has 6 nitrogen and oxygen atoms in total. The molecule has 0 saturated carbocycles. The van der Waals surface area contributed by atoms with Crippen LogP contribution in [0.4, 0.5) is 5.69 Å². The van der Waals surface area contributed by atoms with Gasteiger partial charge in [-0.3, -0.25) is 9.73 Å². The molecule has 2 rings (SSSR count). The first kappa shape index (κ1) is 20.9. The number of sulfonamides is 1. The Labute approximate surface area is 166 Å². The lowest BCUT2D eigenvalue weighted by atomic mass is 10.1. The zero-order chi connectivity index (χ0) is 19.9. The second kappa shape index (κ2) is 9.48. The molecule has 0 atom stereocenters. The first-order chi connectivity index (χ1) is 12.9. The van der Waals surface area contributed by atoms with Crippen LogP contribution in [-0.2, 0) is 10.0 Å². The van der Waals surface area contributed by atoms with E-state index in [-0.39, 0.29) is 4.90 Å². The van der Waals surface area contributed by atoms with E-state index < -0.39 is 10.0 Å². The van der Waals surface area contributed by atoms with E-state index in [1.165, 1.54) is 4.31 Å². The minimum atomic E-state index is -3.62. The van der Waals surface area contributed by atoms with Crippen LogP contribution in [0.15, 0.2) is 64.6 Å². The molecule has 0 radical (unpaired) electrons. The lowest BCUT2D eigenvalue weighted by Gasteiger charge is -2.19. The maximum Gasteiger partial charge on any atom is 0.264 e. The summed E-state index contributed by atoms with van der Waals surface area (Å²) >= 11 is 5.12. The highest BCUT2D eigenvalue weighted by Crippen LogP contribution is 2.22. The summed E-state index contributed by atoms with van der Waals surface area (Å²) in [6.07, 6.45) is 0.970. The molecule has 0 aliphatic carbocycles. The van der Waals surface area contributed by atoms with Gasteiger partial charge in [0.05, 0.1) is 16.3 Å². The van der Waals surface area contributed by atoms with E-state index in [0.29, 0.717) is 16.5 Å². The quantitative estimate of drug-likeness (QED) is 0.421. The molecule has 0 aliphatic rings. The van der Waals surface area contributed by atoms with Gasteiger partial charge in [0.15, 0.2) is 5.11 Å². The van der Waals surface area contributed by atoms with Crippen molar-refractivity contribution in [2.75, 3.05) is 17.9 Å². The maximum atomic E-state index is 12.8. The minimum Gasteiger partial charge on any atom is -0.361 e. The highest BCUT2D eigenvalue weighted by Gasteiger charge is 2.21. The van der Waals surface area contributed by atoms with E-state index in [1.807, 2.05) is 13.0 Å². The Kier molecular flexibility index (Phi) is 7.32. The number of thiocarbonyl (C=S) groups is 1. The Morgan fingerprint density at radius 3 is 2.33 bits per heavy atom. The van der Waals surface area contributed by atoms with Gasteiger partial charge in [-0.2, -0.15) is 5.10 Å². The van der Waals surface area contributed by atoms with E-state index in [2.05, 4.69) is 22.8 Å². The number of hydrogen-bond acceptors (Lipinski definition) is 4. The van der Waals surface area contributed by atoms with Gasteiger partial charge >= 0.3 is 0 Å². The van der Waals surface area contributed by atoms with Gasteiger partial charge < -0.3 is 5.32 Å². The molecule has 2 aromatic rings. The Hall–Kier alpha value is -2.45. The summed E-state index contributed by atoms with van der Waals surface area (Å²) in [6.45, 7) is 4.66. The third-order valence-electron chi connectivity index (χ3n) is 3.91. The van der Waals surface area contributed by atoms with Crippen molar-refractivity contribution < 1.29 is 8.42 Å². The van der Waals surface area contributed by atoms with Crippen LogP contribution in [0.5, 0.6) is 0 Å². The molecule has 2 aromatic carbocycles. The number of anilines is 1. The van der Waals surface area contributed by atoms with Crippen molar-refractivity contribution in [1.29, 1.82) is 0 Å². The molecule has 2 N–H and O–H groups in total. The number of nitrogens with one attached hydrogen (secondary N) is 2. The fourth-order valence-electron chi connectivity index (χ4n) is 2.28. The molecule has 0 spiro atoms. The monoisotopic (exact) mass is 404 g/mol. The molecule has 0 fully saturated rings. The molecule has 0 aromatic heterocycles. The largest absolute Gasteiger partial charge is 0.361 e. The van der Waals surface area contributed by atoms with Gasteiger partial charge in [0.25, 0.3) is 10.0 Å². The third kappa shape index (κ3) is 5.51. The Bertz CT molecular complexity index is 895. The van der Waals surface area contributed by atoms with E-state index in [0.717, 1.165) is 18.5 Å². The van der Waals surface area contributed by atoms with Gasteiger partial charge in [0.1, 0.15) is 0 Å². The lowest BCUT2D eigenvalue weighted by Crippen LogP contribution is -2.33. The highest BCUT2D eigenvalue weighted by molar-refractivity contribution is 7.92. The average molecular weight is 405 g/mol. The molecular weight excluding hydrogens is 380 g/mol. The first-order valence-electron chi connectivity index (χ1n) is 8.58. The number of hydrazone groups is 1. The highest BCUT2D eigenvalue weighted by atomic mass is 32.2. The lowest BCUT2D eigenvalue weighted by molar-refractivity contribution is 0.594. The minimum absolute atomic E-state index is 0.221. The molecule has 0 saturated heterocycles. The molecular formula is C19H24N4O2S2. The van der Waals surface area contributed by atoms with Gasteiger partial charge in [-0.1, -0.05) is 37.3 Å². The van der Waals surface area contributed by atoms with Crippen LogP contribution in [0, 0.1) is 0 Å². The van der Waals surface area contributed by atoms with E-state index >= 15 is 0 Å². The summed E-state index contributed by atoms with van der Waals surface area (Å²) in [5.74, 6) is 0. The van der Waals surface area contributed by atoms with Crippen LogP contribution in [0.2, 0.25) is 0 Å². The topological polar surface area (TPSA) is 73.8 Å². The van der Waals surface area contributed by atoms with Crippen LogP contribution in [0.25, 0.3) is 0 Å². The SMILES string of the molecule is CCCNC(=S)N/N=C(/C)c1ccc(S(=O)(=O)N(C)c2ccccc2)cc1. The van der Waals surface area contributed by atoms with Crippen molar-refractivity contribution >= 4 is 38.8 Å².